The summed E-state index contributed by atoms with van der Waals surface area (Å²) in [5, 5.41) is 23.0. The van der Waals surface area contributed by atoms with Crippen LogP contribution in [-0.2, 0) is 28.3 Å². The van der Waals surface area contributed by atoms with Gasteiger partial charge in [0.25, 0.3) is 11.8 Å². The number of aliphatic hydroxyl groups is 2. The Morgan fingerprint density at radius 3 is 2.39 bits per heavy atom. The first-order valence-corrected chi connectivity index (χ1v) is 12.2. The third-order valence-electron chi connectivity index (χ3n) is 7.64. The van der Waals surface area contributed by atoms with Crippen LogP contribution in [0.4, 0.5) is 0 Å². The third-order valence-corrected chi connectivity index (χ3v) is 7.64. The van der Waals surface area contributed by atoms with Crippen molar-refractivity contribution in [2.45, 2.75) is 57.4 Å². The maximum absolute atomic E-state index is 13.1. The molecule has 2 fully saturated rings. The van der Waals surface area contributed by atoms with Crippen molar-refractivity contribution < 1.29 is 29.4 Å². The monoisotopic (exact) mass is 491 g/mol. The quantitative estimate of drug-likeness (QED) is 0.539. The lowest BCUT2D eigenvalue weighted by Crippen LogP contribution is -2.54. The fraction of sp³-hybridized carbons (Fsp3) is 0.407. The van der Waals surface area contributed by atoms with Gasteiger partial charge in [0.2, 0.25) is 11.8 Å². The highest BCUT2D eigenvalue weighted by molar-refractivity contribution is 6.23. The Bertz CT molecular complexity index is 1260. The molecule has 0 saturated carbocycles. The number of carbonyl (C=O) groups is 4. The van der Waals surface area contributed by atoms with Crippen molar-refractivity contribution in [3.8, 4) is 0 Å². The first-order valence-electron chi connectivity index (χ1n) is 12.2. The Morgan fingerprint density at radius 2 is 1.72 bits per heavy atom. The minimum atomic E-state index is -1.13. The maximum atomic E-state index is 13.1. The number of carbonyl (C=O) groups excluding carboxylic acids is 4. The van der Waals surface area contributed by atoms with Crippen LogP contribution in [0.3, 0.4) is 0 Å². The van der Waals surface area contributed by atoms with Crippen molar-refractivity contribution in [3.05, 3.63) is 69.8 Å². The van der Waals surface area contributed by atoms with E-state index >= 15 is 0 Å². The minimum Gasteiger partial charge on any atom is -0.392 e. The number of aryl methyl sites for hydroxylation is 1. The first kappa shape index (κ1) is 24.3. The molecule has 0 spiro atoms. The number of amides is 4. The molecule has 3 aliphatic heterocycles. The molecule has 1 unspecified atom stereocenters. The number of benzene rings is 2. The smallest absolute Gasteiger partial charge is 0.262 e. The van der Waals surface area contributed by atoms with Crippen molar-refractivity contribution in [1.29, 1.82) is 0 Å². The third kappa shape index (κ3) is 4.23. The molecule has 2 saturated heterocycles. The molecular weight excluding hydrogens is 462 g/mol. The summed E-state index contributed by atoms with van der Waals surface area (Å²) in [6.45, 7) is 4.04. The van der Waals surface area contributed by atoms with E-state index in [9.17, 15) is 29.4 Å². The molecule has 9 heteroatoms. The lowest BCUT2D eigenvalue weighted by Gasteiger charge is -2.38. The van der Waals surface area contributed by atoms with E-state index in [1.165, 1.54) is 0 Å². The fourth-order valence-corrected chi connectivity index (χ4v) is 5.42. The van der Waals surface area contributed by atoms with Gasteiger partial charge in [-0.05, 0) is 60.6 Å². The van der Waals surface area contributed by atoms with Crippen molar-refractivity contribution in [1.82, 2.24) is 15.1 Å². The summed E-state index contributed by atoms with van der Waals surface area (Å²) in [6, 6.07) is 9.82. The Labute approximate surface area is 208 Å². The number of rotatable bonds is 5. The van der Waals surface area contributed by atoms with E-state index < -0.39 is 35.3 Å². The maximum Gasteiger partial charge on any atom is 0.262 e. The predicted octanol–water partition coefficient (Wildman–Crippen LogP) is 1.37. The van der Waals surface area contributed by atoms with Crippen LogP contribution in [0, 0.1) is 6.92 Å². The normalized spacial score (nSPS) is 22.1. The zero-order chi connectivity index (χ0) is 25.6. The molecule has 3 heterocycles. The molecular formula is C27H29N3O6. The standard InChI is InChI=1S/C27H29N3O6/c1-16-12-17(2-3-18(16)15-31)14-29-10-8-27(36,9-11-29)19-4-5-20-21(13-19)26(35)30(25(20)34)22-6-7-23(32)28-24(22)33/h2-5,12-13,22,31,36H,6-11,14-15H2,1H3,(H,28,32,33). The van der Waals surface area contributed by atoms with Gasteiger partial charge < -0.3 is 10.2 Å². The van der Waals surface area contributed by atoms with Crippen molar-refractivity contribution in [3.63, 3.8) is 0 Å². The average molecular weight is 492 g/mol. The molecule has 0 aromatic heterocycles. The summed E-state index contributed by atoms with van der Waals surface area (Å²) in [4.78, 5) is 53.0. The van der Waals surface area contributed by atoms with Crippen LogP contribution >= 0.6 is 0 Å². The van der Waals surface area contributed by atoms with Crippen LogP contribution in [0.15, 0.2) is 36.4 Å². The van der Waals surface area contributed by atoms with Gasteiger partial charge in [0, 0.05) is 26.1 Å². The number of fused-ring (bicyclic) bond motifs is 1. The van der Waals surface area contributed by atoms with E-state index in [0.717, 1.165) is 28.1 Å². The van der Waals surface area contributed by atoms with E-state index in [4.69, 9.17) is 0 Å². The SMILES string of the molecule is Cc1cc(CN2CCC(O)(c3ccc4c(c3)C(=O)N(C3CCC(=O)NC3=O)C4=O)CC2)ccc1CO. The lowest BCUT2D eigenvalue weighted by molar-refractivity contribution is -0.136. The van der Waals surface area contributed by atoms with E-state index in [-0.39, 0.29) is 30.6 Å². The highest BCUT2D eigenvalue weighted by atomic mass is 16.3. The van der Waals surface area contributed by atoms with Crippen LogP contribution in [0.2, 0.25) is 0 Å². The number of imide groups is 2. The van der Waals surface area contributed by atoms with Crippen molar-refractivity contribution in [2.75, 3.05) is 13.1 Å². The predicted molar refractivity (Wildman–Crippen MR) is 129 cm³/mol. The van der Waals surface area contributed by atoms with Gasteiger partial charge in [-0.1, -0.05) is 24.3 Å². The van der Waals surface area contributed by atoms with Gasteiger partial charge in [-0.2, -0.15) is 0 Å². The summed E-state index contributed by atoms with van der Waals surface area (Å²) in [5.41, 5.74) is 2.93. The summed E-state index contributed by atoms with van der Waals surface area (Å²) in [7, 11) is 0. The number of nitrogens with one attached hydrogen (secondary N) is 1. The Balaban J connectivity index is 1.29. The molecule has 3 aliphatic rings. The van der Waals surface area contributed by atoms with Crippen LogP contribution in [-0.4, -0.2) is 62.8 Å². The van der Waals surface area contributed by atoms with Crippen LogP contribution < -0.4 is 5.32 Å². The topological polar surface area (TPSA) is 127 Å². The Hall–Kier alpha value is -3.40. The number of hydrogen-bond donors (Lipinski definition) is 3. The highest BCUT2D eigenvalue weighted by Gasteiger charge is 2.45. The first-order chi connectivity index (χ1) is 17.2. The van der Waals surface area contributed by atoms with Crippen LogP contribution in [0.1, 0.15) is 68.7 Å². The second-order valence-corrected chi connectivity index (χ2v) is 9.93. The van der Waals surface area contributed by atoms with E-state index in [2.05, 4.69) is 16.3 Å². The van der Waals surface area contributed by atoms with E-state index in [1.54, 1.807) is 18.2 Å². The largest absolute Gasteiger partial charge is 0.392 e. The van der Waals surface area contributed by atoms with Crippen molar-refractivity contribution in [2.24, 2.45) is 0 Å². The van der Waals surface area contributed by atoms with E-state index in [0.29, 0.717) is 31.5 Å². The van der Waals surface area contributed by atoms with Gasteiger partial charge >= 0.3 is 0 Å². The molecule has 0 bridgehead atoms. The lowest BCUT2D eigenvalue weighted by atomic mass is 9.83. The highest BCUT2D eigenvalue weighted by Crippen LogP contribution is 2.36. The summed E-state index contributed by atoms with van der Waals surface area (Å²) < 4.78 is 0. The molecule has 3 N–H and O–H groups in total. The van der Waals surface area contributed by atoms with Gasteiger partial charge in [-0.15, -0.1) is 0 Å². The Morgan fingerprint density at radius 1 is 1.00 bits per heavy atom. The Kier molecular flexibility index (Phi) is 6.23. The minimum absolute atomic E-state index is 0.0169. The number of hydrogen-bond acceptors (Lipinski definition) is 7. The fourth-order valence-electron chi connectivity index (χ4n) is 5.42. The molecule has 2 aromatic rings. The van der Waals surface area contributed by atoms with Gasteiger partial charge in [0.05, 0.1) is 23.3 Å². The summed E-state index contributed by atoms with van der Waals surface area (Å²) in [6.07, 6.45) is 1.11. The summed E-state index contributed by atoms with van der Waals surface area (Å²) in [5.74, 6) is -2.19. The molecule has 5 rings (SSSR count). The van der Waals surface area contributed by atoms with Crippen molar-refractivity contribution >= 4 is 23.6 Å². The van der Waals surface area contributed by atoms with E-state index in [1.807, 2.05) is 19.1 Å². The zero-order valence-electron chi connectivity index (χ0n) is 20.1. The second kappa shape index (κ2) is 9.24. The molecule has 9 nitrogen and oxygen atoms in total. The number of likely N-dealkylation sites (tertiary alicyclic amines) is 1. The van der Waals surface area contributed by atoms with Gasteiger partial charge in [0.1, 0.15) is 6.04 Å². The molecule has 4 amide bonds. The molecule has 0 radical (unpaired) electrons. The number of aliphatic hydroxyl groups excluding tert-OH is 1. The van der Waals surface area contributed by atoms with Gasteiger partial charge in [-0.3, -0.25) is 34.3 Å². The van der Waals surface area contributed by atoms with Crippen LogP contribution in [0.25, 0.3) is 0 Å². The molecule has 0 aliphatic carbocycles. The summed E-state index contributed by atoms with van der Waals surface area (Å²) >= 11 is 0. The van der Waals surface area contributed by atoms with Gasteiger partial charge in [-0.25, -0.2) is 0 Å². The van der Waals surface area contributed by atoms with Crippen LogP contribution in [0.5, 0.6) is 0 Å². The van der Waals surface area contributed by atoms with Gasteiger partial charge in [0.15, 0.2) is 0 Å². The molecule has 188 valence electrons. The molecule has 2 aromatic carbocycles. The average Bonchev–Trinajstić information content (AvgIpc) is 3.10. The molecule has 1 atom stereocenters. The second-order valence-electron chi connectivity index (χ2n) is 9.93. The number of piperidine rings is 2. The zero-order valence-corrected chi connectivity index (χ0v) is 20.1. The molecule has 36 heavy (non-hydrogen) atoms. The number of nitrogens with zero attached hydrogens (tertiary/aromatic N) is 2.